The molecule has 0 N–H and O–H groups in total. The lowest BCUT2D eigenvalue weighted by atomic mass is 10.0. The van der Waals surface area contributed by atoms with Crippen LogP contribution in [0.2, 0.25) is 0 Å². The molecule has 3 heteroatoms. The van der Waals surface area contributed by atoms with E-state index in [4.69, 9.17) is 4.42 Å². The van der Waals surface area contributed by atoms with Crippen LogP contribution in [0.15, 0.2) is 186 Å². The summed E-state index contributed by atoms with van der Waals surface area (Å²) in [6.07, 6.45) is 0. The quantitative estimate of drug-likeness (QED) is 0.190. The fourth-order valence-corrected chi connectivity index (χ4v) is 7.56. The van der Waals surface area contributed by atoms with E-state index >= 15 is 0 Å². The Morgan fingerprint density at radius 3 is 1.94 bits per heavy atom. The molecular weight excluding hydrogens is 597 g/mol. The smallest absolute Gasteiger partial charge is 0.137 e. The second-order valence-corrected chi connectivity index (χ2v) is 12.6. The van der Waals surface area contributed by atoms with Crippen molar-refractivity contribution in [3.05, 3.63) is 182 Å². The highest BCUT2D eigenvalue weighted by molar-refractivity contribution is 6.19. The Morgan fingerprint density at radius 1 is 0.429 bits per heavy atom. The molecule has 0 saturated carbocycles. The lowest BCUT2D eigenvalue weighted by Crippen LogP contribution is -2.11. The number of hydrogen-bond donors (Lipinski definition) is 0. The Morgan fingerprint density at radius 2 is 1.10 bits per heavy atom. The fourth-order valence-electron chi connectivity index (χ4n) is 7.56. The molecule has 0 aliphatic heterocycles. The van der Waals surface area contributed by atoms with E-state index in [9.17, 15) is 0 Å². The van der Waals surface area contributed by atoms with Crippen molar-refractivity contribution < 1.29 is 4.42 Å². The van der Waals surface area contributed by atoms with Crippen molar-refractivity contribution in [1.29, 1.82) is 0 Å². The molecule has 0 unspecified atom stereocenters. The minimum absolute atomic E-state index is 0.866. The van der Waals surface area contributed by atoms with Gasteiger partial charge in [0.1, 0.15) is 11.2 Å². The number of hydrogen-bond acceptors (Lipinski definition) is 2. The Bertz CT molecular complexity index is 2810. The number of aromatic nitrogens is 1. The monoisotopic (exact) mass is 626 g/mol. The second-order valence-electron chi connectivity index (χ2n) is 12.6. The zero-order valence-corrected chi connectivity index (χ0v) is 26.6. The van der Waals surface area contributed by atoms with E-state index in [2.05, 4.69) is 191 Å². The van der Waals surface area contributed by atoms with E-state index in [0.717, 1.165) is 50.2 Å². The number of nitrogens with zero attached hydrogens (tertiary/aromatic N) is 2. The first kappa shape index (κ1) is 27.5. The van der Waals surface area contributed by atoms with Gasteiger partial charge in [-0.25, -0.2) is 0 Å². The third-order valence-electron chi connectivity index (χ3n) is 9.76. The molecular formula is C46H30N2O. The third kappa shape index (κ3) is 4.37. The van der Waals surface area contributed by atoms with Crippen molar-refractivity contribution in [2.24, 2.45) is 0 Å². The van der Waals surface area contributed by atoms with Gasteiger partial charge in [0.15, 0.2) is 0 Å². The number of fused-ring (bicyclic) bond motifs is 8. The van der Waals surface area contributed by atoms with E-state index in [1.807, 2.05) is 0 Å². The van der Waals surface area contributed by atoms with Crippen LogP contribution in [0.4, 0.5) is 17.1 Å². The van der Waals surface area contributed by atoms with Gasteiger partial charge in [-0.15, -0.1) is 0 Å². The summed E-state index contributed by atoms with van der Waals surface area (Å²) in [5.41, 5.74) is 10.8. The molecule has 0 amide bonds. The maximum Gasteiger partial charge on any atom is 0.137 e. The molecule has 49 heavy (non-hydrogen) atoms. The predicted octanol–water partition coefficient (Wildman–Crippen LogP) is 13.0. The van der Waals surface area contributed by atoms with E-state index in [1.165, 1.54) is 38.2 Å². The largest absolute Gasteiger partial charge is 0.456 e. The molecule has 0 spiro atoms. The predicted molar refractivity (Wildman–Crippen MR) is 206 cm³/mol. The van der Waals surface area contributed by atoms with Crippen LogP contribution in [0.5, 0.6) is 0 Å². The maximum absolute atomic E-state index is 6.60. The van der Waals surface area contributed by atoms with Crippen molar-refractivity contribution in [3.63, 3.8) is 0 Å². The lowest BCUT2D eigenvalue weighted by molar-refractivity contribution is 0.669. The summed E-state index contributed by atoms with van der Waals surface area (Å²) in [7, 11) is 0. The van der Waals surface area contributed by atoms with Gasteiger partial charge in [-0.1, -0.05) is 121 Å². The summed E-state index contributed by atoms with van der Waals surface area (Å²) in [6.45, 7) is 0. The van der Waals surface area contributed by atoms with Gasteiger partial charge < -0.3 is 13.9 Å². The van der Waals surface area contributed by atoms with Crippen molar-refractivity contribution in [2.75, 3.05) is 4.90 Å². The molecule has 10 rings (SSSR count). The van der Waals surface area contributed by atoms with Crippen molar-refractivity contribution in [3.8, 4) is 16.8 Å². The molecule has 0 aliphatic carbocycles. The molecule has 0 aliphatic rings. The first-order chi connectivity index (χ1) is 24.3. The van der Waals surface area contributed by atoms with Gasteiger partial charge in [0.05, 0.1) is 16.7 Å². The van der Waals surface area contributed by atoms with E-state index in [0.29, 0.717) is 0 Å². The Hall–Kier alpha value is -6.58. The Kier molecular flexibility index (Phi) is 6.18. The highest BCUT2D eigenvalue weighted by Gasteiger charge is 2.22. The fraction of sp³-hybridized carbons (Fsp3) is 0. The van der Waals surface area contributed by atoms with Crippen molar-refractivity contribution in [2.45, 2.75) is 0 Å². The molecule has 0 saturated heterocycles. The molecule has 0 fully saturated rings. The van der Waals surface area contributed by atoms with Crippen molar-refractivity contribution >= 4 is 71.6 Å². The SMILES string of the molecule is c1ccc(-c2ccc(N(c3ccc4c(c3)oc3ccc5ccccc5c34)c3cccc4c5ccccc5n(-c5ccccc5)c34)cc2)cc1. The van der Waals surface area contributed by atoms with Gasteiger partial charge in [-0.05, 0) is 76.5 Å². The van der Waals surface area contributed by atoms with E-state index in [-0.39, 0.29) is 0 Å². The van der Waals surface area contributed by atoms with Crippen LogP contribution in [0.1, 0.15) is 0 Å². The van der Waals surface area contributed by atoms with Crippen LogP contribution in [0.3, 0.4) is 0 Å². The molecule has 230 valence electrons. The molecule has 3 nitrogen and oxygen atoms in total. The van der Waals surface area contributed by atoms with E-state index < -0.39 is 0 Å². The normalized spacial score (nSPS) is 11.7. The average molecular weight is 627 g/mol. The standard InChI is InChI=1S/C46H30N2O/c1-3-12-31(13-4-1)32-22-25-35(26-23-32)47(36-27-28-40-44(30-36)49-43-29-24-33-14-7-8-17-37(33)45(40)43)42-21-11-19-39-38-18-9-10-20-41(38)48(46(39)42)34-15-5-2-6-16-34/h1-30H. The third-order valence-corrected chi connectivity index (χ3v) is 9.76. The van der Waals surface area contributed by atoms with Crippen LogP contribution in [0, 0.1) is 0 Å². The topological polar surface area (TPSA) is 21.3 Å². The molecule has 0 atom stereocenters. The summed E-state index contributed by atoms with van der Waals surface area (Å²) >= 11 is 0. The van der Waals surface area contributed by atoms with Crippen LogP contribution in [0.25, 0.3) is 71.3 Å². The van der Waals surface area contributed by atoms with Gasteiger partial charge in [0, 0.05) is 44.7 Å². The highest BCUT2D eigenvalue weighted by Crippen LogP contribution is 2.45. The summed E-state index contributed by atoms with van der Waals surface area (Å²) in [5.74, 6) is 0. The number of anilines is 3. The maximum atomic E-state index is 6.60. The summed E-state index contributed by atoms with van der Waals surface area (Å²) in [5, 5.41) is 7.12. The van der Waals surface area contributed by atoms with Gasteiger partial charge >= 0.3 is 0 Å². The van der Waals surface area contributed by atoms with Gasteiger partial charge in [0.2, 0.25) is 0 Å². The highest BCUT2D eigenvalue weighted by atomic mass is 16.3. The van der Waals surface area contributed by atoms with Crippen LogP contribution < -0.4 is 4.90 Å². The summed E-state index contributed by atoms with van der Waals surface area (Å²) in [6, 6.07) is 64.9. The minimum atomic E-state index is 0.866. The number of furan rings is 1. The molecule has 0 bridgehead atoms. The molecule has 2 heterocycles. The number of para-hydroxylation sites is 3. The Balaban J connectivity index is 1.25. The molecule has 0 radical (unpaired) electrons. The number of rotatable bonds is 5. The molecule has 8 aromatic carbocycles. The first-order valence-corrected chi connectivity index (χ1v) is 16.7. The van der Waals surface area contributed by atoms with Crippen molar-refractivity contribution in [1.82, 2.24) is 4.57 Å². The zero-order valence-electron chi connectivity index (χ0n) is 26.6. The Labute approximate surface area is 283 Å². The van der Waals surface area contributed by atoms with Crippen LogP contribution in [-0.2, 0) is 0 Å². The average Bonchev–Trinajstić information content (AvgIpc) is 3.72. The second kappa shape index (κ2) is 11.0. The lowest BCUT2D eigenvalue weighted by Gasteiger charge is -2.27. The zero-order chi connectivity index (χ0) is 32.3. The first-order valence-electron chi connectivity index (χ1n) is 16.7. The van der Waals surface area contributed by atoms with Gasteiger partial charge in [0.25, 0.3) is 0 Å². The van der Waals surface area contributed by atoms with Gasteiger partial charge in [-0.2, -0.15) is 0 Å². The summed E-state index contributed by atoms with van der Waals surface area (Å²) < 4.78 is 9.00. The van der Waals surface area contributed by atoms with E-state index in [1.54, 1.807) is 0 Å². The molecule has 2 aromatic heterocycles. The van der Waals surface area contributed by atoms with Crippen LogP contribution in [-0.4, -0.2) is 4.57 Å². The number of benzene rings is 8. The molecule has 10 aromatic rings. The minimum Gasteiger partial charge on any atom is -0.456 e. The van der Waals surface area contributed by atoms with Gasteiger partial charge in [-0.3, -0.25) is 0 Å². The summed E-state index contributed by atoms with van der Waals surface area (Å²) in [4.78, 5) is 2.38. The van der Waals surface area contributed by atoms with Crippen LogP contribution >= 0.6 is 0 Å².